The standard InChI is InChI=1S/C23H22N4O/c1-23(2)11-19-21(20(28)12-23)17(22(26-19)15-5-7-24-8-6-15)10-14-3-4-18-16(9-14)13-25-27-18/h3-9,13,26H,10-12H2,1-2H3,(H,25,27). The molecule has 5 nitrogen and oxygen atoms in total. The number of hydrogen-bond acceptors (Lipinski definition) is 3. The van der Waals surface area contributed by atoms with Crippen molar-refractivity contribution in [2.45, 2.75) is 33.1 Å². The molecule has 5 rings (SSSR count). The summed E-state index contributed by atoms with van der Waals surface area (Å²) in [6.07, 6.45) is 7.60. The van der Waals surface area contributed by atoms with Gasteiger partial charge in [-0.2, -0.15) is 5.10 Å². The second-order valence-electron chi connectivity index (χ2n) is 8.48. The maximum Gasteiger partial charge on any atom is 0.165 e. The molecule has 0 bridgehead atoms. The molecule has 0 radical (unpaired) electrons. The SMILES string of the molecule is CC1(C)CC(=O)c2c([nH]c(-c3ccncc3)c2Cc2ccc3[nH]ncc3c2)C1. The van der Waals surface area contributed by atoms with Gasteiger partial charge < -0.3 is 4.98 Å². The van der Waals surface area contributed by atoms with Crippen molar-refractivity contribution in [3.05, 3.63) is 71.3 Å². The van der Waals surface area contributed by atoms with Crippen LogP contribution in [0.5, 0.6) is 0 Å². The molecule has 1 aliphatic rings. The molecule has 3 aromatic heterocycles. The van der Waals surface area contributed by atoms with Gasteiger partial charge in [0.15, 0.2) is 5.78 Å². The highest BCUT2D eigenvalue weighted by Gasteiger charge is 2.35. The van der Waals surface area contributed by atoms with Crippen LogP contribution in [-0.2, 0) is 12.8 Å². The van der Waals surface area contributed by atoms with Crippen molar-refractivity contribution in [2.75, 3.05) is 0 Å². The zero-order valence-electron chi connectivity index (χ0n) is 16.0. The van der Waals surface area contributed by atoms with E-state index in [9.17, 15) is 4.79 Å². The van der Waals surface area contributed by atoms with Crippen LogP contribution >= 0.6 is 0 Å². The van der Waals surface area contributed by atoms with Gasteiger partial charge in [-0.3, -0.25) is 14.9 Å². The number of rotatable bonds is 3. The molecule has 0 saturated carbocycles. The summed E-state index contributed by atoms with van der Waals surface area (Å²) in [5, 5.41) is 8.19. The zero-order chi connectivity index (χ0) is 19.3. The molecule has 1 aromatic carbocycles. The molecule has 0 unspecified atom stereocenters. The van der Waals surface area contributed by atoms with Crippen molar-refractivity contribution in [3.63, 3.8) is 0 Å². The summed E-state index contributed by atoms with van der Waals surface area (Å²) >= 11 is 0. The summed E-state index contributed by atoms with van der Waals surface area (Å²) in [5.41, 5.74) is 7.31. The minimum atomic E-state index is -0.0164. The topological polar surface area (TPSA) is 74.4 Å². The van der Waals surface area contributed by atoms with Gasteiger partial charge in [0.25, 0.3) is 0 Å². The van der Waals surface area contributed by atoms with Crippen molar-refractivity contribution in [2.24, 2.45) is 5.41 Å². The molecule has 28 heavy (non-hydrogen) atoms. The lowest BCUT2D eigenvalue weighted by Crippen LogP contribution is -2.27. The first-order valence-corrected chi connectivity index (χ1v) is 9.59. The number of fused-ring (bicyclic) bond motifs is 2. The summed E-state index contributed by atoms with van der Waals surface area (Å²) in [6, 6.07) is 10.3. The molecule has 0 atom stereocenters. The number of nitrogens with one attached hydrogen (secondary N) is 2. The van der Waals surface area contributed by atoms with Crippen molar-refractivity contribution >= 4 is 16.7 Å². The van der Waals surface area contributed by atoms with Gasteiger partial charge in [0.1, 0.15) is 0 Å². The van der Waals surface area contributed by atoms with E-state index < -0.39 is 0 Å². The van der Waals surface area contributed by atoms with Crippen LogP contribution < -0.4 is 0 Å². The maximum absolute atomic E-state index is 13.1. The van der Waals surface area contributed by atoms with Gasteiger partial charge in [-0.15, -0.1) is 0 Å². The van der Waals surface area contributed by atoms with Crippen LogP contribution in [0.1, 0.15) is 47.4 Å². The van der Waals surface area contributed by atoms with Crippen LogP contribution in [0.4, 0.5) is 0 Å². The predicted molar refractivity (Wildman–Crippen MR) is 109 cm³/mol. The average molecular weight is 370 g/mol. The van der Waals surface area contributed by atoms with E-state index in [0.29, 0.717) is 12.8 Å². The molecular formula is C23H22N4O. The molecule has 2 N–H and O–H groups in total. The molecule has 0 aliphatic heterocycles. The molecule has 3 heterocycles. The van der Waals surface area contributed by atoms with Gasteiger partial charge in [0.05, 0.1) is 17.4 Å². The Labute approximate surface area is 163 Å². The number of nitrogens with zero attached hydrogens (tertiary/aromatic N) is 2. The molecule has 0 fully saturated rings. The van der Waals surface area contributed by atoms with Gasteiger partial charge in [0, 0.05) is 47.4 Å². The van der Waals surface area contributed by atoms with Crippen molar-refractivity contribution < 1.29 is 4.79 Å². The third kappa shape index (κ3) is 2.83. The minimum Gasteiger partial charge on any atom is -0.358 e. The van der Waals surface area contributed by atoms with Crippen molar-refractivity contribution in [1.29, 1.82) is 0 Å². The number of hydrogen-bond donors (Lipinski definition) is 2. The van der Waals surface area contributed by atoms with E-state index in [0.717, 1.165) is 45.4 Å². The zero-order valence-corrected chi connectivity index (χ0v) is 16.0. The fraction of sp³-hybridized carbons (Fsp3) is 0.261. The number of aromatic nitrogens is 4. The lowest BCUT2D eigenvalue weighted by atomic mass is 9.75. The summed E-state index contributed by atoms with van der Waals surface area (Å²) in [5.74, 6) is 0.238. The first-order chi connectivity index (χ1) is 13.5. The maximum atomic E-state index is 13.1. The van der Waals surface area contributed by atoms with Crippen LogP contribution in [0, 0.1) is 5.41 Å². The summed E-state index contributed by atoms with van der Waals surface area (Å²) in [7, 11) is 0. The summed E-state index contributed by atoms with van der Waals surface area (Å²) in [4.78, 5) is 20.8. The van der Waals surface area contributed by atoms with Crippen molar-refractivity contribution in [1.82, 2.24) is 20.2 Å². The number of Topliss-reactive ketones (excluding diaryl/α,β-unsaturated/α-hetero) is 1. The molecule has 4 aromatic rings. The van der Waals surface area contributed by atoms with Crippen molar-refractivity contribution in [3.8, 4) is 11.3 Å². The summed E-state index contributed by atoms with van der Waals surface area (Å²) in [6.45, 7) is 4.32. The number of aromatic amines is 2. The number of ketones is 1. The lowest BCUT2D eigenvalue weighted by molar-refractivity contribution is 0.0911. The Morgan fingerprint density at radius 2 is 1.93 bits per heavy atom. The van der Waals surface area contributed by atoms with Gasteiger partial charge in [-0.05, 0) is 47.2 Å². The van der Waals surface area contributed by atoms with Crippen LogP contribution in [0.3, 0.4) is 0 Å². The van der Waals surface area contributed by atoms with Gasteiger partial charge in [0.2, 0.25) is 0 Å². The van der Waals surface area contributed by atoms with E-state index in [-0.39, 0.29) is 11.2 Å². The van der Waals surface area contributed by atoms with E-state index in [1.165, 1.54) is 5.56 Å². The Morgan fingerprint density at radius 1 is 1.11 bits per heavy atom. The normalized spacial score (nSPS) is 15.7. The Balaban J connectivity index is 1.66. The molecular weight excluding hydrogens is 348 g/mol. The fourth-order valence-electron chi connectivity index (χ4n) is 4.38. The number of pyridine rings is 1. The molecule has 0 amide bonds. The predicted octanol–water partition coefficient (Wildman–Crippen LogP) is 4.70. The Bertz CT molecular complexity index is 1180. The van der Waals surface area contributed by atoms with E-state index in [1.54, 1.807) is 12.4 Å². The van der Waals surface area contributed by atoms with E-state index in [1.807, 2.05) is 24.4 Å². The number of H-pyrrole nitrogens is 2. The third-order valence-electron chi connectivity index (χ3n) is 5.61. The van der Waals surface area contributed by atoms with Crippen LogP contribution in [0.2, 0.25) is 0 Å². The lowest BCUT2D eigenvalue weighted by Gasteiger charge is -2.28. The average Bonchev–Trinajstić information content (AvgIpc) is 3.26. The van der Waals surface area contributed by atoms with Gasteiger partial charge in [-0.25, -0.2) is 0 Å². The number of benzene rings is 1. The van der Waals surface area contributed by atoms with Crippen LogP contribution in [0.25, 0.3) is 22.2 Å². The Morgan fingerprint density at radius 3 is 2.75 bits per heavy atom. The van der Waals surface area contributed by atoms with E-state index in [4.69, 9.17) is 0 Å². The van der Waals surface area contributed by atoms with Crippen LogP contribution in [-0.4, -0.2) is 25.9 Å². The van der Waals surface area contributed by atoms with Crippen LogP contribution in [0.15, 0.2) is 48.9 Å². The molecule has 1 aliphatic carbocycles. The highest BCUT2D eigenvalue weighted by Crippen LogP contribution is 2.40. The number of carbonyl (C=O) groups excluding carboxylic acids is 1. The smallest absolute Gasteiger partial charge is 0.165 e. The molecule has 0 spiro atoms. The molecule has 140 valence electrons. The highest BCUT2D eigenvalue weighted by atomic mass is 16.1. The highest BCUT2D eigenvalue weighted by molar-refractivity contribution is 6.02. The fourth-order valence-corrected chi connectivity index (χ4v) is 4.38. The second kappa shape index (κ2) is 6.16. The first-order valence-electron chi connectivity index (χ1n) is 9.59. The quantitative estimate of drug-likeness (QED) is 0.549. The molecule has 0 saturated heterocycles. The largest absolute Gasteiger partial charge is 0.358 e. The Hall–Kier alpha value is -3.21. The number of carbonyl (C=O) groups is 1. The Kier molecular flexibility index (Phi) is 3.72. The van der Waals surface area contributed by atoms with Gasteiger partial charge >= 0.3 is 0 Å². The monoisotopic (exact) mass is 370 g/mol. The van der Waals surface area contributed by atoms with E-state index >= 15 is 0 Å². The van der Waals surface area contributed by atoms with E-state index in [2.05, 4.69) is 46.1 Å². The molecule has 5 heteroatoms. The minimum absolute atomic E-state index is 0.0164. The summed E-state index contributed by atoms with van der Waals surface area (Å²) < 4.78 is 0. The van der Waals surface area contributed by atoms with Gasteiger partial charge in [-0.1, -0.05) is 19.9 Å². The third-order valence-corrected chi connectivity index (χ3v) is 5.61. The first kappa shape index (κ1) is 16.9. The second-order valence-corrected chi connectivity index (χ2v) is 8.48.